The molecule has 0 atom stereocenters. The smallest absolute Gasteiger partial charge is 0.140 e. The first-order chi connectivity index (χ1) is 7.74. The van der Waals surface area contributed by atoms with Crippen LogP contribution in [0.1, 0.15) is 18.2 Å². The van der Waals surface area contributed by atoms with Gasteiger partial charge < -0.3 is 4.57 Å². The molecule has 3 heteroatoms. The van der Waals surface area contributed by atoms with E-state index >= 15 is 0 Å². The Morgan fingerprint density at radius 1 is 1.25 bits per heavy atom. The van der Waals surface area contributed by atoms with Gasteiger partial charge in [-0.1, -0.05) is 40.2 Å². The highest BCUT2D eigenvalue weighted by atomic mass is 79.9. The highest BCUT2D eigenvalue weighted by molar-refractivity contribution is 9.08. The van der Waals surface area contributed by atoms with Crippen LogP contribution in [0.15, 0.2) is 30.5 Å². The predicted molar refractivity (Wildman–Crippen MR) is 70.7 cm³/mol. The van der Waals surface area contributed by atoms with Crippen molar-refractivity contribution in [2.24, 2.45) is 0 Å². The molecule has 1 aromatic carbocycles. The van der Waals surface area contributed by atoms with E-state index in [9.17, 15) is 0 Å². The van der Waals surface area contributed by atoms with E-state index in [0.29, 0.717) is 0 Å². The van der Waals surface area contributed by atoms with Crippen LogP contribution in [-0.4, -0.2) is 9.55 Å². The standard InChI is InChI=1S/C13H15BrN2/c1-3-16-9-10(2)15-13(16)12-6-4-11(8-14)5-7-12/h4-7,9H,3,8H2,1-2H3. The Labute approximate surface area is 104 Å². The van der Waals surface area contributed by atoms with Gasteiger partial charge in [-0.25, -0.2) is 4.98 Å². The molecule has 2 rings (SSSR count). The number of hydrogen-bond acceptors (Lipinski definition) is 1. The van der Waals surface area contributed by atoms with E-state index < -0.39 is 0 Å². The molecular weight excluding hydrogens is 264 g/mol. The Bertz CT molecular complexity index is 471. The number of rotatable bonds is 3. The van der Waals surface area contributed by atoms with Crippen LogP contribution >= 0.6 is 15.9 Å². The van der Waals surface area contributed by atoms with E-state index in [2.05, 4.69) is 62.9 Å². The maximum atomic E-state index is 4.56. The third-order valence-electron chi connectivity index (χ3n) is 2.60. The molecule has 1 heterocycles. The average Bonchev–Trinajstić information content (AvgIpc) is 2.70. The summed E-state index contributed by atoms with van der Waals surface area (Å²) in [7, 11) is 0. The molecule has 0 aliphatic heterocycles. The summed E-state index contributed by atoms with van der Waals surface area (Å²) in [5.74, 6) is 1.06. The zero-order valence-corrected chi connectivity index (χ0v) is 11.2. The van der Waals surface area contributed by atoms with Crippen molar-refractivity contribution in [3.63, 3.8) is 0 Å². The molecule has 0 spiro atoms. The zero-order valence-electron chi connectivity index (χ0n) is 9.57. The fourth-order valence-electron chi connectivity index (χ4n) is 1.76. The molecule has 1 aromatic heterocycles. The van der Waals surface area contributed by atoms with Gasteiger partial charge in [0.2, 0.25) is 0 Å². The number of hydrogen-bond donors (Lipinski definition) is 0. The van der Waals surface area contributed by atoms with Crippen molar-refractivity contribution in [3.8, 4) is 11.4 Å². The zero-order chi connectivity index (χ0) is 11.5. The Morgan fingerprint density at radius 3 is 2.50 bits per heavy atom. The summed E-state index contributed by atoms with van der Waals surface area (Å²) in [6.45, 7) is 5.12. The fraction of sp³-hybridized carbons (Fsp3) is 0.308. The number of alkyl halides is 1. The van der Waals surface area contributed by atoms with Crippen LogP contribution in [0.4, 0.5) is 0 Å². The van der Waals surface area contributed by atoms with Crippen LogP contribution in [0, 0.1) is 6.92 Å². The Balaban J connectivity index is 2.41. The molecule has 84 valence electrons. The summed E-state index contributed by atoms with van der Waals surface area (Å²) >= 11 is 3.45. The van der Waals surface area contributed by atoms with Crippen molar-refractivity contribution in [1.29, 1.82) is 0 Å². The van der Waals surface area contributed by atoms with Crippen molar-refractivity contribution in [2.45, 2.75) is 25.7 Å². The number of aromatic nitrogens is 2. The molecule has 0 saturated carbocycles. The lowest BCUT2D eigenvalue weighted by molar-refractivity contribution is 0.770. The molecule has 0 N–H and O–H groups in total. The topological polar surface area (TPSA) is 17.8 Å². The SMILES string of the molecule is CCn1cc(C)nc1-c1ccc(CBr)cc1. The first-order valence-corrected chi connectivity index (χ1v) is 6.55. The first-order valence-electron chi connectivity index (χ1n) is 5.43. The molecule has 0 fully saturated rings. The molecule has 0 aliphatic rings. The van der Waals surface area contributed by atoms with Gasteiger partial charge in [-0.15, -0.1) is 0 Å². The Morgan fingerprint density at radius 2 is 1.94 bits per heavy atom. The normalized spacial score (nSPS) is 10.7. The number of imidazole rings is 1. The third kappa shape index (κ3) is 2.19. The second kappa shape index (κ2) is 4.83. The number of aryl methyl sites for hydroxylation is 2. The predicted octanol–water partition coefficient (Wildman–Crippen LogP) is 3.77. The van der Waals surface area contributed by atoms with Gasteiger partial charge >= 0.3 is 0 Å². The van der Waals surface area contributed by atoms with Crippen molar-refractivity contribution in [1.82, 2.24) is 9.55 Å². The lowest BCUT2D eigenvalue weighted by Gasteiger charge is -2.05. The van der Waals surface area contributed by atoms with Crippen LogP contribution in [0.5, 0.6) is 0 Å². The molecule has 2 aromatic rings. The fourth-order valence-corrected chi connectivity index (χ4v) is 2.13. The molecule has 0 saturated heterocycles. The van der Waals surface area contributed by atoms with Crippen molar-refractivity contribution >= 4 is 15.9 Å². The summed E-state index contributed by atoms with van der Waals surface area (Å²) in [6.07, 6.45) is 2.09. The Hall–Kier alpha value is -1.09. The monoisotopic (exact) mass is 278 g/mol. The van der Waals surface area contributed by atoms with Crippen LogP contribution in [0.25, 0.3) is 11.4 Å². The second-order valence-corrected chi connectivity index (χ2v) is 4.38. The van der Waals surface area contributed by atoms with Gasteiger partial charge in [-0.05, 0) is 19.4 Å². The van der Waals surface area contributed by atoms with Gasteiger partial charge in [0.15, 0.2) is 0 Å². The minimum atomic E-state index is 0.897. The molecule has 0 unspecified atom stereocenters. The summed E-state index contributed by atoms with van der Waals surface area (Å²) in [6, 6.07) is 8.53. The summed E-state index contributed by atoms with van der Waals surface area (Å²) in [5.41, 5.74) is 3.54. The van der Waals surface area contributed by atoms with Gasteiger partial charge in [0.05, 0.1) is 5.69 Å². The average molecular weight is 279 g/mol. The van der Waals surface area contributed by atoms with Gasteiger partial charge in [0, 0.05) is 23.6 Å². The molecular formula is C13H15BrN2. The third-order valence-corrected chi connectivity index (χ3v) is 3.25. The van der Waals surface area contributed by atoms with Gasteiger partial charge in [0.25, 0.3) is 0 Å². The second-order valence-electron chi connectivity index (χ2n) is 3.82. The highest BCUT2D eigenvalue weighted by Gasteiger charge is 2.06. The van der Waals surface area contributed by atoms with E-state index in [-0.39, 0.29) is 0 Å². The quantitative estimate of drug-likeness (QED) is 0.782. The van der Waals surface area contributed by atoms with Gasteiger partial charge in [-0.3, -0.25) is 0 Å². The van der Waals surface area contributed by atoms with Crippen molar-refractivity contribution < 1.29 is 0 Å². The van der Waals surface area contributed by atoms with E-state index in [1.165, 1.54) is 11.1 Å². The first kappa shape index (κ1) is 11.4. The summed E-state index contributed by atoms with van der Waals surface area (Å²) in [5, 5.41) is 0.897. The largest absolute Gasteiger partial charge is 0.331 e. The molecule has 0 amide bonds. The maximum Gasteiger partial charge on any atom is 0.140 e. The van der Waals surface area contributed by atoms with Crippen molar-refractivity contribution in [3.05, 3.63) is 41.7 Å². The molecule has 0 bridgehead atoms. The highest BCUT2D eigenvalue weighted by Crippen LogP contribution is 2.20. The van der Waals surface area contributed by atoms with Crippen LogP contribution in [0.2, 0.25) is 0 Å². The molecule has 0 aliphatic carbocycles. The van der Waals surface area contributed by atoms with Gasteiger partial charge in [0.1, 0.15) is 5.82 Å². The molecule has 16 heavy (non-hydrogen) atoms. The molecule has 2 nitrogen and oxygen atoms in total. The summed E-state index contributed by atoms with van der Waals surface area (Å²) in [4.78, 5) is 4.56. The van der Waals surface area contributed by atoms with E-state index in [1.807, 2.05) is 6.92 Å². The number of benzene rings is 1. The van der Waals surface area contributed by atoms with Gasteiger partial charge in [-0.2, -0.15) is 0 Å². The molecule has 0 radical (unpaired) electrons. The van der Waals surface area contributed by atoms with Crippen LogP contribution in [-0.2, 0) is 11.9 Å². The minimum Gasteiger partial charge on any atom is -0.331 e. The lowest BCUT2D eigenvalue weighted by Crippen LogP contribution is -1.95. The Kier molecular flexibility index (Phi) is 3.44. The van der Waals surface area contributed by atoms with Crippen LogP contribution < -0.4 is 0 Å². The van der Waals surface area contributed by atoms with E-state index in [4.69, 9.17) is 0 Å². The van der Waals surface area contributed by atoms with Crippen molar-refractivity contribution in [2.75, 3.05) is 0 Å². The lowest BCUT2D eigenvalue weighted by atomic mass is 10.1. The number of halogens is 1. The van der Waals surface area contributed by atoms with E-state index in [1.54, 1.807) is 0 Å². The maximum absolute atomic E-state index is 4.56. The minimum absolute atomic E-state index is 0.897. The van der Waals surface area contributed by atoms with Crippen LogP contribution in [0.3, 0.4) is 0 Å². The van der Waals surface area contributed by atoms with E-state index in [0.717, 1.165) is 23.4 Å². The number of nitrogens with zero attached hydrogens (tertiary/aromatic N) is 2. The summed E-state index contributed by atoms with van der Waals surface area (Å²) < 4.78 is 2.18.